The molecular weight excluding hydrogens is 236 g/mol. The predicted molar refractivity (Wildman–Crippen MR) is 70.9 cm³/mol. The van der Waals surface area contributed by atoms with Gasteiger partial charge >= 0.3 is 0 Å². The zero-order chi connectivity index (χ0) is 12.4. The molecule has 0 bridgehead atoms. The summed E-state index contributed by atoms with van der Waals surface area (Å²) in [4.78, 5) is 2.22. The molecule has 1 fully saturated rings. The van der Waals surface area contributed by atoms with E-state index < -0.39 is 0 Å². The molecule has 0 spiro atoms. The second kappa shape index (κ2) is 5.25. The lowest BCUT2D eigenvalue weighted by Gasteiger charge is -2.34. The third-order valence-electron chi connectivity index (χ3n) is 2.87. The maximum absolute atomic E-state index is 9.59. The number of aliphatic hydroxyl groups is 1. The van der Waals surface area contributed by atoms with Gasteiger partial charge in [-0.25, -0.2) is 0 Å². The van der Waals surface area contributed by atoms with E-state index in [1.54, 1.807) is 11.3 Å². The van der Waals surface area contributed by atoms with Crippen LogP contribution in [0.5, 0.6) is 5.75 Å². The second-order valence-electron chi connectivity index (χ2n) is 4.75. The van der Waals surface area contributed by atoms with Gasteiger partial charge in [0.05, 0.1) is 17.2 Å². The van der Waals surface area contributed by atoms with Crippen LogP contribution in [0.2, 0.25) is 0 Å². The van der Waals surface area contributed by atoms with Crippen molar-refractivity contribution in [3.05, 3.63) is 11.4 Å². The Morgan fingerprint density at radius 1 is 1.59 bits per heavy atom. The van der Waals surface area contributed by atoms with E-state index in [1.807, 2.05) is 19.2 Å². The molecular formula is C12H20N2O2S. The number of piperidine rings is 1. The first-order valence-corrected chi connectivity index (χ1v) is 6.88. The van der Waals surface area contributed by atoms with Gasteiger partial charge in [-0.1, -0.05) is 0 Å². The van der Waals surface area contributed by atoms with Crippen molar-refractivity contribution in [1.29, 1.82) is 0 Å². The highest BCUT2D eigenvalue weighted by Crippen LogP contribution is 2.31. The third-order valence-corrected chi connectivity index (χ3v) is 3.83. The molecule has 0 aromatic carbocycles. The van der Waals surface area contributed by atoms with Gasteiger partial charge in [0.25, 0.3) is 0 Å². The van der Waals surface area contributed by atoms with Crippen LogP contribution in [-0.4, -0.2) is 36.4 Å². The summed E-state index contributed by atoms with van der Waals surface area (Å²) in [5.74, 6) is 0.916. The highest BCUT2D eigenvalue weighted by Gasteiger charge is 2.25. The van der Waals surface area contributed by atoms with Crippen molar-refractivity contribution in [3.8, 4) is 5.75 Å². The van der Waals surface area contributed by atoms with Crippen molar-refractivity contribution in [1.82, 2.24) is 0 Å². The van der Waals surface area contributed by atoms with Crippen LogP contribution in [0.15, 0.2) is 11.4 Å². The van der Waals surface area contributed by atoms with E-state index >= 15 is 0 Å². The van der Waals surface area contributed by atoms with Crippen molar-refractivity contribution in [2.75, 3.05) is 18.0 Å². The van der Waals surface area contributed by atoms with E-state index in [1.165, 1.54) is 5.00 Å². The quantitative estimate of drug-likeness (QED) is 0.859. The lowest BCUT2D eigenvalue weighted by atomic mass is 10.0. The SMILES string of the molecule is CC(C)Oc1csc(N2CCC(O)C(N)C2)c1. The largest absolute Gasteiger partial charge is 0.490 e. The van der Waals surface area contributed by atoms with Crippen LogP contribution in [0.25, 0.3) is 0 Å². The number of nitrogens with two attached hydrogens (primary N) is 1. The number of aliphatic hydroxyl groups excluding tert-OH is 1. The van der Waals surface area contributed by atoms with Crippen LogP contribution in [0.4, 0.5) is 5.00 Å². The smallest absolute Gasteiger partial charge is 0.132 e. The highest BCUT2D eigenvalue weighted by atomic mass is 32.1. The molecule has 0 saturated carbocycles. The van der Waals surface area contributed by atoms with E-state index in [0.29, 0.717) is 6.54 Å². The first-order chi connectivity index (χ1) is 8.06. The maximum Gasteiger partial charge on any atom is 0.132 e. The molecule has 96 valence electrons. The van der Waals surface area contributed by atoms with Gasteiger partial charge in [0.15, 0.2) is 0 Å². The van der Waals surface area contributed by atoms with E-state index in [0.717, 1.165) is 18.7 Å². The molecule has 2 unspecified atom stereocenters. The maximum atomic E-state index is 9.59. The Balaban J connectivity index is 2.00. The zero-order valence-corrected chi connectivity index (χ0v) is 11.1. The van der Waals surface area contributed by atoms with Gasteiger partial charge in [-0.3, -0.25) is 0 Å². The molecule has 1 saturated heterocycles. The fourth-order valence-electron chi connectivity index (χ4n) is 1.98. The molecule has 17 heavy (non-hydrogen) atoms. The minimum absolute atomic E-state index is 0.152. The third kappa shape index (κ3) is 3.12. The van der Waals surface area contributed by atoms with Crippen molar-refractivity contribution in [3.63, 3.8) is 0 Å². The first kappa shape index (κ1) is 12.7. The molecule has 2 heterocycles. The van der Waals surface area contributed by atoms with Crippen LogP contribution < -0.4 is 15.4 Å². The molecule has 4 nitrogen and oxygen atoms in total. The van der Waals surface area contributed by atoms with Crippen molar-refractivity contribution in [2.24, 2.45) is 5.73 Å². The van der Waals surface area contributed by atoms with Crippen LogP contribution in [0.1, 0.15) is 20.3 Å². The standard InChI is InChI=1S/C12H20N2O2S/c1-8(2)16-9-5-12(17-7-9)14-4-3-11(15)10(13)6-14/h5,7-8,10-11,15H,3-4,6,13H2,1-2H3. The second-order valence-corrected chi connectivity index (χ2v) is 5.64. The van der Waals surface area contributed by atoms with Crippen molar-refractivity contribution < 1.29 is 9.84 Å². The number of hydrogen-bond acceptors (Lipinski definition) is 5. The minimum atomic E-state index is -0.363. The minimum Gasteiger partial charge on any atom is -0.490 e. The van der Waals surface area contributed by atoms with Gasteiger partial charge in [0.2, 0.25) is 0 Å². The summed E-state index contributed by atoms with van der Waals surface area (Å²) in [6, 6.07) is 1.90. The summed E-state index contributed by atoms with van der Waals surface area (Å²) >= 11 is 1.67. The monoisotopic (exact) mass is 256 g/mol. The van der Waals surface area contributed by atoms with Crippen LogP contribution in [0, 0.1) is 0 Å². The van der Waals surface area contributed by atoms with E-state index in [-0.39, 0.29) is 18.2 Å². The van der Waals surface area contributed by atoms with Gasteiger partial charge in [0, 0.05) is 30.6 Å². The molecule has 1 aromatic rings. The topological polar surface area (TPSA) is 58.7 Å². The van der Waals surface area contributed by atoms with Crippen LogP contribution >= 0.6 is 11.3 Å². The number of rotatable bonds is 3. The Morgan fingerprint density at radius 2 is 2.35 bits per heavy atom. The molecule has 0 aliphatic carbocycles. The first-order valence-electron chi connectivity index (χ1n) is 6.00. The fourth-order valence-corrected chi connectivity index (χ4v) is 2.84. The van der Waals surface area contributed by atoms with Gasteiger partial charge in [-0.05, 0) is 20.3 Å². The summed E-state index contributed by atoms with van der Waals surface area (Å²) in [6.07, 6.45) is 0.569. The molecule has 3 N–H and O–H groups in total. The summed E-state index contributed by atoms with van der Waals surface area (Å²) < 4.78 is 5.64. The summed E-state index contributed by atoms with van der Waals surface area (Å²) in [6.45, 7) is 5.61. The van der Waals surface area contributed by atoms with Crippen LogP contribution in [0.3, 0.4) is 0 Å². The molecule has 0 radical (unpaired) electrons. The van der Waals surface area contributed by atoms with Gasteiger partial charge in [0.1, 0.15) is 5.75 Å². The van der Waals surface area contributed by atoms with Crippen molar-refractivity contribution >= 4 is 16.3 Å². The normalized spacial score (nSPS) is 25.4. The van der Waals surface area contributed by atoms with E-state index in [4.69, 9.17) is 10.5 Å². The number of hydrogen-bond donors (Lipinski definition) is 2. The summed E-state index contributed by atoms with van der Waals surface area (Å²) in [5.41, 5.74) is 5.88. The average molecular weight is 256 g/mol. The lowest BCUT2D eigenvalue weighted by Crippen LogP contribution is -2.51. The van der Waals surface area contributed by atoms with Crippen molar-refractivity contribution in [2.45, 2.75) is 38.5 Å². The summed E-state index contributed by atoms with van der Waals surface area (Å²) in [7, 11) is 0. The van der Waals surface area contributed by atoms with E-state index in [2.05, 4.69) is 11.0 Å². The Labute approximate surface area is 106 Å². The predicted octanol–water partition coefficient (Wildman–Crippen LogP) is 1.43. The Kier molecular flexibility index (Phi) is 3.91. The zero-order valence-electron chi connectivity index (χ0n) is 10.3. The number of ether oxygens (including phenoxy) is 1. The number of nitrogens with zero attached hydrogens (tertiary/aromatic N) is 1. The van der Waals surface area contributed by atoms with E-state index in [9.17, 15) is 5.11 Å². The molecule has 5 heteroatoms. The van der Waals surface area contributed by atoms with Gasteiger partial charge in [-0.2, -0.15) is 0 Å². The molecule has 0 amide bonds. The van der Waals surface area contributed by atoms with Crippen LogP contribution in [-0.2, 0) is 0 Å². The number of thiophene rings is 1. The van der Waals surface area contributed by atoms with Gasteiger partial charge < -0.3 is 20.5 Å². The molecule has 2 rings (SSSR count). The molecule has 1 aliphatic rings. The molecule has 2 atom stereocenters. The lowest BCUT2D eigenvalue weighted by molar-refractivity contribution is 0.125. The molecule has 1 aliphatic heterocycles. The van der Waals surface area contributed by atoms with Gasteiger partial charge in [-0.15, -0.1) is 11.3 Å². The Hall–Kier alpha value is -0.780. The molecule has 1 aromatic heterocycles. The Bertz CT molecular complexity index is 367. The average Bonchev–Trinajstić information content (AvgIpc) is 2.69. The highest BCUT2D eigenvalue weighted by molar-refractivity contribution is 7.14. The Morgan fingerprint density at radius 3 is 3.00 bits per heavy atom. The number of anilines is 1. The summed E-state index contributed by atoms with van der Waals surface area (Å²) in [5, 5.41) is 12.8. The fraction of sp³-hybridized carbons (Fsp3) is 0.667.